The van der Waals surface area contributed by atoms with Crippen molar-refractivity contribution in [3.8, 4) is 0 Å². The summed E-state index contributed by atoms with van der Waals surface area (Å²) in [5.74, 6) is 0. The Morgan fingerprint density at radius 3 is 0.500 bits per heavy atom. The molecule has 0 unspecified atom stereocenters. The second-order valence-electron chi connectivity index (χ2n) is 0. The molecule has 0 aromatic carbocycles. The Morgan fingerprint density at radius 1 is 0.500 bits per heavy atom. The van der Waals surface area contributed by atoms with Crippen LogP contribution in [0.3, 0.4) is 0 Å². The van der Waals surface area contributed by atoms with Gasteiger partial charge in [0, 0.05) is 112 Å². The molecule has 18 valence electrons. The minimum absolute atomic E-state index is 0. The number of rotatable bonds is 0. The normalized spacial score (nSPS) is 0. The molecule has 0 aliphatic rings. The maximum Gasteiger partial charge on any atom is 0 e. The molecule has 0 saturated carbocycles. The average Bonchev–Trinajstić information content (AvgIpc) is 0. The fourth-order valence-corrected chi connectivity index (χ4v) is 0. The Labute approximate surface area is 109 Å². The van der Waals surface area contributed by atoms with Gasteiger partial charge < -0.3 is 0 Å². The Kier molecular flexibility index (Phi) is 99.9. The molecule has 0 spiro atoms. The van der Waals surface area contributed by atoms with Crippen molar-refractivity contribution in [1.29, 1.82) is 0 Å². The monoisotopic (exact) mass is 512 g/mol. The zero-order valence-electron chi connectivity index (χ0n) is 1.91. The molecule has 0 aliphatic carbocycles. The van der Waals surface area contributed by atoms with E-state index in [1.165, 1.54) is 0 Å². The molecule has 0 rings (SSSR count). The first-order valence-electron chi connectivity index (χ1n) is 0. The summed E-state index contributed by atoms with van der Waals surface area (Å²) in [4.78, 5) is 0. The zero-order chi connectivity index (χ0) is 0. The maximum atomic E-state index is 0. The summed E-state index contributed by atoms with van der Waals surface area (Å²) in [6, 6.07) is 0. The van der Waals surface area contributed by atoms with Crippen LogP contribution in [-0.2, 0) is 0 Å². The Bertz CT molecular complexity index is 3.25. The van der Waals surface area contributed by atoms with Gasteiger partial charge in [0.15, 0.2) is 0 Å². The minimum Gasteiger partial charge on any atom is 0 e. The second kappa shape index (κ2) is 15.9. The zero-order valence-corrected chi connectivity index (χ0v) is 13.1. The van der Waals surface area contributed by atoms with Gasteiger partial charge in [0.1, 0.15) is 0 Å². The fraction of sp³-hybridized carbons (Fsp3) is 0. The molecule has 0 nitrogen and oxygen atoms in total. The molecule has 4 heteroatoms. The van der Waals surface area contributed by atoms with Crippen LogP contribution in [0, 0.1) is 40.4 Å². The van der Waals surface area contributed by atoms with Crippen molar-refractivity contribution in [1.82, 2.24) is 0 Å². The average molecular weight is 506 g/mol. The predicted octanol–water partition coefficient (Wildman–Crippen LogP) is -1.14. The molecule has 0 N–H and O–H groups in total. The smallest absolute Gasteiger partial charge is 0 e. The Morgan fingerprint density at radius 2 is 0.500 bits per heavy atom. The van der Waals surface area contributed by atoms with Gasteiger partial charge in [-0.3, -0.25) is 0 Å². The summed E-state index contributed by atoms with van der Waals surface area (Å²) in [6.45, 7) is 0. The first-order chi connectivity index (χ1) is 0. The van der Waals surface area contributed by atoms with Gasteiger partial charge in [0.05, 0.1) is 0 Å². The molecule has 0 aliphatic heterocycles. The van der Waals surface area contributed by atoms with Gasteiger partial charge in [-0.15, -0.1) is 0 Å². The van der Waals surface area contributed by atoms with E-state index in [4.69, 9.17) is 0 Å². The summed E-state index contributed by atoms with van der Waals surface area (Å²) < 4.78 is 0. The van der Waals surface area contributed by atoms with Crippen LogP contribution in [0.1, 0.15) is 0 Å². The van der Waals surface area contributed by atoms with Gasteiger partial charge in [0.25, 0.3) is 0 Å². The van der Waals surface area contributed by atoms with Gasteiger partial charge in [-0.05, 0) is 0 Å². The molecule has 0 atom stereocenters. The van der Waals surface area contributed by atoms with Gasteiger partial charge in [0.2, 0.25) is 0 Å². The van der Waals surface area contributed by atoms with Crippen molar-refractivity contribution >= 4 is 71.7 Å². The Balaban J connectivity index is 0. The third-order valence-electron chi connectivity index (χ3n) is 0. The SMILES string of the molecule is [Sm].[Sn].[Sn].[Sn]. The van der Waals surface area contributed by atoms with E-state index in [0.717, 1.165) is 0 Å². The van der Waals surface area contributed by atoms with Gasteiger partial charge >= 0.3 is 0 Å². The molecule has 0 aromatic heterocycles. The standard InChI is InChI=1S/Sm.3Sn. The van der Waals surface area contributed by atoms with Crippen LogP contribution in [-0.4, -0.2) is 71.7 Å². The topological polar surface area (TPSA) is 0 Å². The molecular weight excluding hydrogens is 506 g/mol. The largest absolute Gasteiger partial charge is 0 e. The molecule has 0 amide bonds. The molecule has 0 saturated heterocycles. The Hall–Kier alpha value is 3.73. The summed E-state index contributed by atoms with van der Waals surface area (Å²) in [5, 5.41) is 0. The van der Waals surface area contributed by atoms with Gasteiger partial charge in [-0.25, -0.2) is 0 Å². The molecule has 4 heavy (non-hydrogen) atoms. The third kappa shape index (κ3) is 9.22. The summed E-state index contributed by atoms with van der Waals surface area (Å²) in [6.07, 6.45) is 0. The molecule has 0 fully saturated rings. The van der Waals surface area contributed by atoms with Crippen molar-refractivity contribution in [2.24, 2.45) is 0 Å². The van der Waals surface area contributed by atoms with E-state index >= 15 is 0 Å². The fourth-order valence-electron chi connectivity index (χ4n) is 0. The van der Waals surface area contributed by atoms with Crippen LogP contribution in [0.4, 0.5) is 0 Å². The van der Waals surface area contributed by atoms with Crippen LogP contribution in [0.25, 0.3) is 0 Å². The first-order valence-corrected chi connectivity index (χ1v) is 0. The number of hydrogen-bond donors (Lipinski definition) is 0. The van der Waals surface area contributed by atoms with E-state index in [2.05, 4.69) is 0 Å². The van der Waals surface area contributed by atoms with Crippen molar-refractivity contribution in [2.45, 2.75) is 0 Å². The van der Waals surface area contributed by atoms with E-state index in [0.29, 0.717) is 0 Å². The van der Waals surface area contributed by atoms with Crippen LogP contribution in [0.15, 0.2) is 0 Å². The second-order valence-corrected chi connectivity index (χ2v) is 0. The third-order valence-corrected chi connectivity index (χ3v) is 0. The van der Waals surface area contributed by atoms with E-state index in [1.807, 2.05) is 0 Å². The molecule has 0 bridgehead atoms. The van der Waals surface area contributed by atoms with Crippen molar-refractivity contribution in [3.63, 3.8) is 0 Å². The van der Waals surface area contributed by atoms with Crippen LogP contribution < -0.4 is 0 Å². The van der Waals surface area contributed by atoms with Crippen LogP contribution in [0.2, 0.25) is 0 Å². The van der Waals surface area contributed by atoms with E-state index in [1.54, 1.807) is 0 Å². The first kappa shape index (κ1) is 25.2. The van der Waals surface area contributed by atoms with Gasteiger partial charge in [-0.2, -0.15) is 0 Å². The molecular formula is SmSn3. The predicted molar refractivity (Wildman–Crippen MR) is 17.3 cm³/mol. The quantitative estimate of drug-likeness (QED) is 0.365. The van der Waals surface area contributed by atoms with Crippen molar-refractivity contribution in [2.75, 3.05) is 0 Å². The van der Waals surface area contributed by atoms with E-state index < -0.39 is 0 Å². The molecule has 12 radical (unpaired) electrons. The summed E-state index contributed by atoms with van der Waals surface area (Å²) in [7, 11) is 0. The summed E-state index contributed by atoms with van der Waals surface area (Å²) in [5.41, 5.74) is 0. The molecule has 0 heterocycles. The van der Waals surface area contributed by atoms with Crippen LogP contribution >= 0.6 is 0 Å². The van der Waals surface area contributed by atoms with E-state index in [-0.39, 0.29) is 112 Å². The van der Waals surface area contributed by atoms with E-state index in [9.17, 15) is 0 Å². The van der Waals surface area contributed by atoms with Gasteiger partial charge in [-0.1, -0.05) is 0 Å². The van der Waals surface area contributed by atoms with Crippen LogP contribution in [0.5, 0.6) is 0 Å². The maximum absolute atomic E-state index is 0. The molecule has 0 aromatic rings. The van der Waals surface area contributed by atoms with Crippen molar-refractivity contribution < 1.29 is 40.4 Å². The number of hydrogen-bond acceptors (Lipinski definition) is 0. The summed E-state index contributed by atoms with van der Waals surface area (Å²) >= 11 is 0. The van der Waals surface area contributed by atoms with Crippen molar-refractivity contribution in [3.05, 3.63) is 0 Å². The minimum atomic E-state index is 0.